The van der Waals surface area contributed by atoms with Crippen molar-refractivity contribution < 1.29 is 27.5 Å². The Kier molecular flexibility index (Phi) is 2.86. The molecular weight excluding hydrogens is 311 g/mol. The van der Waals surface area contributed by atoms with E-state index in [4.69, 9.17) is 0 Å². The summed E-state index contributed by atoms with van der Waals surface area (Å²) < 4.78 is 40.8. The summed E-state index contributed by atoms with van der Waals surface area (Å²) >= 11 is 0. The molecule has 4 rings (SSSR count). The molecule has 4 nitrogen and oxygen atoms in total. The largest absolute Gasteiger partial charge is 0.573 e. The third-order valence-electron chi connectivity index (χ3n) is 4.78. The molecule has 0 unspecified atom stereocenters. The molecule has 1 aromatic carbocycles. The highest BCUT2D eigenvalue weighted by Crippen LogP contribution is 2.53. The van der Waals surface area contributed by atoms with E-state index >= 15 is 0 Å². The van der Waals surface area contributed by atoms with Crippen molar-refractivity contribution in [1.82, 2.24) is 0 Å². The van der Waals surface area contributed by atoms with Crippen molar-refractivity contribution in [3.8, 4) is 5.75 Å². The summed E-state index contributed by atoms with van der Waals surface area (Å²) in [5, 5.41) is 0. The second kappa shape index (κ2) is 4.59. The topological polar surface area (TPSA) is 46.6 Å². The third kappa shape index (κ3) is 2.14. The zero-order valence-electron chi connectivity index (χ0n) is 11.8. The first-order valence-electron chi connectivity index (χ1n) is 7.27. The summed E-state index contributed by atoms with van der Waals surface area (Å²) in [4.78, 5) is 26.2. The maximum Gasteiger partial charge on any atom is 0.573 e. The lowest BCUT2D eigenvalue weighted by Crippen LogP contribution is -2.32. The third-order valence-corrected chi connectivity index (χ3v) is 4.78. The molecular formula is C16H12F3NO3. The number of nitrogens with zero attached hydrogens (tertiary/aromatic N) is 1. The summed E-state index contributed by atoms with van der Waals surface area (Å²) in [6, 6.07) is 4.97. The molecule has 1 aliphatic heterocycles. The lowest BCUT2D eigenvalue weighted by Gasteiger charge is -2.18. The van der Waals surface area contributed by atoms with Gasteiger partial charge < -0.3 is 4.74 Å². The van der Waals surface area contributed by atoms with Crippen LogP contribution >= 0.6 is 0 Å². The number of rotatable bonds is 2. The minimum atomic E-state index is -4.82. The molecule has 0 spiro atoms. The van der Waals surface area contributed by atoms with Crippen LogP contribution in [0.2, 0.25) is 0 Å². The molecule has 2 aliphatic carbocycles. The van der Waals surface area contributed by atoms with Crippen LogP contribution in [-0.4, -0.2) is 18.2 Å². The molecule has 7 heteroatoms. The molecule has 1 aromatic rings. The summed E-state index contributed by atoms with van der Waals surface area (Å²) in [6.45, 7) is 0. The van der Waals surface area contributed by atoms with E-state index in [0.29, 0.717) is 0 Å². The van der Waals surface area contributed by atoms with Gasteiger partial charge >= 0.3 is 6.36 Å². The van der Waals surface area contributed by atoms with E-state index in [0.717, 1.165) is 23.5 Å². The summed E-state index contributed by atoms with van der Waals surface area (Å²) in [7, 11) is 0. The molecule has 0 N–H and O–H groups in total. The van der Waals surface area contributed by atoms with Gasteiger partial charge in [-0.15, -0.1) is 13.2 Å². The number of allylic oxidation sites excluding steroid dienone is 2. The summed E-state index contributed by atoms with van der Waals surface area (Å²) in [5.41, 5.74) is 0.121. The van der Waals surface area contributed by atoms with Crippen molar-refractivity contribution in [3.63, 3.8) is 0 Å². The van der Waals surface area contributed by atoms with Crippen LogP contribution in [0.4, 0.5) is 18.9 Å². The quantitative estimate of drug-likeness (QED) is 0.621. The molecule has 4 atom stereocenters. The van der Waals surface area contributed by atoms with Crippen molar-refractivity contribution in [1.29, 1.82) is 0 Å². The van der Waals surface area contributed by atoms with E-state index in [-0.39, 0.29) is 41.2 Å². The highest BCUT2D eigenvalue weighted by atomic mass is 19.4. The maximum absolute atomic E-state index is 12.6. The number of anilines is 1. The van der Waals surface area contributed by atoms with Crippen molar-refractivity contribution >= 4 is 17.5 Å². The first-order chi connectivity index (χ1) is 10.8. The first kappa shape index (κ1) is 14.3. The zero-order valence-corrected chi connectivity index (χ0v) is 11.8. The van der Waals surface area contributed by atoms with E-state index in [1.165, 1.54) is 12.1 Å². The predicted molar refractivity (Wildman–Crippen MR) is 73.3 cm³/mol. The standard InChI is InChI=1S/C16H12F3NO3/c17-16(18,19)23-11-3-1-2-10(7-11)20-14(21)12-8-4-5-9(6-8)13(12)15(20)22/h1-5,7-9,12-13H,6H2/t8-,9-,12+,13+/m0/s1. The van der Waals surface area contributed by atoms with Gasteiger partial charge in [0.15, 0.2) is 0 Å². The minimum absolute atomic E-state index is 0.0565. The summed E-state index contributed by atoms with van der Waals surface area (Å²) in [5.74, 6) is -1.77. The number of amides is 2. The molecule has 2 fully saturated rings. The second-order valence-corrected chi connectivity index (χ2v) is 6.06. The Morgan fingerprint density at radius 3 is 2.22 bits per heavy atom. The fraction of sp³-hybridized carbons (Fsp3) is 0.375. The second-order valence-electron chi connectivity index (χ2n) is 6.06. The van der Waals surface area contributed by atoms with Gasteiger partial charge in [-0.05, 0) is 30.4 Å². The van der Waals surface area contributed by atoms with E-state index < -0.39 is 12.1 Å². The lowest BCUT2D eigenvalue weighted by molar-refractivity contribution is -0.274. The molecule has 1 heterocycles. The number of benzene rings is 1. The number of hydrogen-bond acceptors (Lipinski definition) is 3. The van der Waals surface area contributed by atoms with E-state index in [1.54, 1.807) is 0 Å². The molecule has 2 amide bonds. The number of halogens is 3. The fourth-order valence-corrected chi connectivity index (χ4v) is 3.98. The molecule has 1 saturated carbocycles. The lowest BCUT2D eigenvalue weighted by atomic mass is 9.85. The van der Waals surface area contributed by atoms with Gasteiger partial charge in [-0.1, -0.05) is 18.2 Å². The van der Waals surface area contributed by atoms with E-state index in [1.807, 2.05) is 12.2 Å². The maximum atomic E-state index is 12.6. The Morgan fingerprint density at radius 1 is 1.04 bits per heavy atom. The van der Waals surface area contributed by atoms with Crippen LogP contribution in [0.1, 0.15) is 6.42 Å². The SMILES string of the molecule is O=C1[C@H]2[C@H](C(=O)N1c1cccc(OC(F)(F)F)c1)[C@H]1C=C[C@H]2C1. The Hall–Kier alpha value is -2.31. The Morgan fingerprint density at radius 2 is 1.65 bits per heavy atom. The van der Waals surface area contributed by atoms with Crippen molar-refractivity contribution in [2.45, 2.75) is 12.8 Å². The Labute approximate surface area is 129 Å². The average molecular weight is 323 g/mol. The smallest absolute Gasteiger partial charge is 0.406 e. The first-order valence-corrected chi connectivity index (χ1v) is 7.27. The monoisotopic (exact) mass is 323 g/mol. The van der Waals surface area contributed by atoms with Crippen LogP contribution in [0.5, 0.6) is 5.75 Å². The number of carbonyl (C=O) groups excluding carboxylic acids is 2. The number of ether oxygens (including phenoxy) is 1. The summed E-state index contributed by atoms with van der Waals surface area (Å²) in [6.07, 6.45) is -0.0948. The van der Waals surface area contributed by atoms with Gasteiger partial charge in [-0.3, -0.25) is 9.59 Å². The van der Waals surface area contributed by atoms with Gasteiger partial charge in [0.2, 0.25) is 11.8 Å². The molecule has 3 aliphatic rings. The molecule has 23 heavy (non-hydrogen) atoms. The zero-order chi connectivity index (χ0) is 16.4. The molecule has 0 radical (unpaired) electrons. The average Bonchev–Trinajstić information content (AvgIpc) is 3.11. The molecule has 1 saturated heterocycles. The minimum Gasteiger partial charge on any atom is -0.406 e. The van der Waals surface area contributed by atoms with Gasteiger partial charge in [-0.25, -0.2) is 4.90 Å². The van der Waals surface area contributed by atoms with Crippen LogP contribution in [0.15, 0.2) is 36.4 Å². The van der Waals surface area contributed by atoms with Crippen LogP contribution in [-0.2, 0) is 9.59 Å². The van der Waals surface area contributed by atoms with Gasteiger partial charge in [-0.2, -0.15) is 0 Å². The number of alkyl halides is 3. The number of imide groups is 1. The highest BCUT2D eigenvalue weighted by molar-refractivity contribution is 6.22. The normalized spacial score (nSPS) is 31.9. The van der Waals surface area contributed by atoms with Crippen molar-refractivity contribution in [3.05, 3.63) is 36.4 Å². The van der Waals surface area contributed by atoms with Gasteiger partial charge in [0.05, 0.1) is 17.5 Å². The number of hydrogen-bond donors (Lipinski definition) is 0. The molecule has 2 bridgehead atoms. The molecule has 0 aromatic heterocycles. The van der Waals surface area contributed by atoms with E-state index in [9.17, 15) is 22.8 Å². The predicted octanol–water partition coefficient (Wildman–Crippen LogP) is 2.90. The Balaban J connectivity index is 1.66. The van der Waals surface area contributed by atoms with Crippen LogP contribution < -0.4 is 9.64 Å². The van der Waals surface area contributed by atoms with E-state index in [2.05, 4.69) is 4.74 Å². The van der Waals surface area contributed by atoms with Crippen molar-refractivity contribution in [2.75, 3.05) is 4.90 Å². The van der Waals surface area contributed by atoms with Gasteiger partial charge in [0.25, 0.3) is 0 Å². The number of fused-ring (bicyclic) bond motifs is 5. The number of carbonyl (C=O) groups is 2. The Bertz CT molecular complexity index is 698. The van der Waals surface area contributed by atoms with Crippen molar-refractivity contribution in [2.24, 2.45) is 23.7 Å². The van der Waals surface area contributed by atoms with Crippen LogP contribution in [0.3, 0.4) is 0 Å². The fourth-order valence-electron chi connectivity index (χ4n) is 3.98. The molecule has 120 valence electrons. The van der Waals surface area contributed by atoms with Crippen LogP contribution in [0, 0.1) is 23.7 Å². The van der Waals surface area contributed by atoms with Gasteiger partial charge in [0.1, 0.15) is 5.75 Å². The van der Waals surface area contributed by atoms with Crippen LogP contribution in [0.25, 0.3) is 0 Å². The highest BCUT2D eigenvalue weighted by Gasteiger charge is 2.59. The van der Waals surface area contributed by atoms with Gasteiger partial charge in [0, 0.05) is 6.07 Å².